The standard InChI is InChI=1S/C32H31Cl2FN4O2/c1-5-25(19-10-20-11-24(33)17(3)38-29(20)27(12-19)40-4)37-14-23(18-6-7-18)26-13-22-16(2)15-41-31(22)30(39-26)21-8-9-36-32(35)28(21)34/h5,8-13,16,18,23,37H,6-7,14-15H2,1-4H3. The summed E-state index contributed by atoms with van der Waals surface area (Å²) in [5, 5.41) is 5.17. The summed E-state index contributed by atoms with van der Waals surface area (Å²) in [6.45, 7) is 7.26. The molecule has 2 unspecified atom stereocenters. The molecule has 1 saturated carbocycles. The molecule has 1 aliphatic heterocycles. The fraction of sp³-hybridized carbons (Fsp3) is 0.344. The summed E-state index contributed by atoms with van der Waals surface area (Å²) in [7, 11) is 1.65. The largest absolute Gasteiger partial charge is 0.494 e. The Kier molecular flexibility index (Phi) is 7.51. The predicted octanol–water partition coefficient (Wildman–Crippen LogP) is 8.09. The first-order valence-corrected chi connectivity index (χ1v) is 14.6. The first-order valence-electron chi connectivity index (χ1n) is 13.8. The number of halogens is 3. The zero-order chi connectivity index (χ0) is 28.8. The smallest absolute Gasteiger partial charge is 0.232 e. The van der Waals surface area contributed by atoms with Gasteiger partial charge in [-0.15, -0.1) is 0 Å². The third kappa shape index (κ3) is 5.22. The van der Waals surface area contributed by atoms with E-state index in [0.717, 1.165) is 52.0 Å². The highest BCUT2D eigenvalue weighted by Crippen LogP contribution is 2.47. The van der Waals surface area contributed by atoms with E-state index >= 15 is 0 Å². The first-order chi connectivity index (χ1) is 19.8. The second-order valence-corrected chi connectivity index (χ2v) is 11.6. The van der Waals surface area contributed by atoms with Crippen molar-refractivity contribution in [2.24, 2.45) is 5.92 Å². The molecule has 3 aromatic heterocycles. The summed E-state index contributed by atoms with van der Waals surface area (Å²) in [6, 6.07) is 9.87. The van der Waals surface area contributed by atoms with E-state index in [9.17, 15) is 4.39 Å². The zero-order valence-electron chi connectivity index (χ0n) is 23.4. The molecule has 212 valence electrons. The van der Waals surface area contributed by atoms with Gasteiger partial charge in [-0.2, -0.15) is 4.39 Å². The molecule has 0 spiro atoms. The highest BCUT2D eigenvalue weighted by atomic mass is 35.5. The van der Waals surface area contributed by atoms with Crippen LogP contribution in [0.3, 0.4) is 0 Å². The van der Waals surface area contributed by atoms with Crippen molar-refractivity contribution in [2.45, 2.75) is 45.4 Å². The molecule has 0 saturated heterocycles. The van der Waals surface area contributed by atoms with Gasteiger partial charge in [0, 0.05) is 58.0 Å². The third-order valence-corrected chi connectivity index (χ3v) is 8.79. The Labute approximate surface area is 248 Å². The van der Waals surface area contributed by atoms with Crippen LogP contribution >= 0.6 is 23.2 Å². The first kappa shape index (κ1) is 27.7. The zero-order valence-corrected chi connectivity index (χ0v) is 24.9. The number of aryl methyl sites for hydroxylation is 1. The Hall–Kier alpha value is -3.42. The van der Waals surface area contributed by atoms with Gasteiger partial charge in [-0.25, -0.2) is 15.0 Å². The molecule has 1 aliphatic carbocycles. The normalized spacial score (nSPS) is 17.3. The van der Waals surface area contributed by atoms with Gasteiger partial charge in [0.15, 0.2) is 0 Å². The number of fused-ring (bicyclic) bond motifs is 2. The number of rotatable bonds is 8. The third-order valence-electron chi connectivity index (χ3n) is 8.05. The van der Waals surface area contributed by atoms with Gasteiger partial charge < -0.3 is 14.8 Å². The molecule has 41 heavy (non-hydrogen) atoms. The van der Waals surface area contributed by atoms with E-state index in [1.54, 1.807) is 13.2 Å². The monoisotopic (exact) mass is 592 g/mol. The number of aromatic nitrogens is 3. The Morgan fingerprint density at radius 2 is 2.02 bits per heavy atom. The number of nitrogens with one attached hydrogen (secondary N) is 1. The van der Waals surface area contributed by atoms with E-state index in [1.165, 1.54) is 6.20 Å². The topological polar surface area (TPSA) is 69.2 Å². The Balaban J connectivity index is 1.35. The average molecular weight is 594 g/mol. The van der Waals surface area contributed by atoms with Crippen molar-refractivity contribution in [3.05, 3.63) is 81.1 Å². The SMILES string of the molecule is CC=C(NCC(c1cc2c(c(-c3ccnc(F)c3Cl)n1)OCC2C)C1CC1)c1cc(OC)c2nc(C)c(Cl)cc2c1. The number of hydrogen-bond donors (Lipinski definition) is 1. The van der Waals surface area contributed by atoms with Crippen LogP contribution in [0.1, 0.15) is 61.0 Å². The minimum atomic E-state index is -0.716. The maximum Gasteiger partial charge on any atom is 0.232 e. The van der Waals surface area contributed by atoms with Crippen molar-refractivity contribution in [1.82, 2.24) is 20.3 Å². The van der Waals surface area contributed by atoms with Crippen LogP contribution in [-0.2, 0) is 0 Å². The maximum atomic E-state index is 14.3. The van der Waals surface area contributed by atoms with Gasteiger partial charge in [0.2, 0.25) is 5.95 Å². The molecule has 2 aliphatic rings. The van der Waals surface area contributed by atoms with Gasteiger partial charge in [0.1, 0.15) is 27.7 Å². The molecular weight excluding hydrogens is 562 g/mol. The molecule has 9 heteroatoms. The number of hydrogen-bond acceptors (Lipinski definition) is 6. The summed E-state index contributed by atoms with van der Waals surface area (Å²) in [6.07, 6.45) is 5.74. The van der Waals surface area contributed by atoms with Crippen molar-refractivity contribution in [1.29, 1.82) is 0 Å². The van der Waals surface area contributed by atoms with Crippen LogP contribution < -0.4 is 14.8 Å². The van der Waals surface area contributed by atoms with Crippen molar-refractivity contribution < 1.29 is 13.9 Å². The second kappa shape index (κ2) is 11.1. The van der Waals surface area contributed by atoms with E-state index in [-0.39, 0.29) is 16.9 Å². The van der Waals surface area contributed by atoms with Crippen LogP contribution in [0.5, 0.6) is 11.5 Å². The molecule has 0 amide bonds. The number of pyridine rings is 3. The van der Waals surface area contributed by atoms with Gasteiger partial charge in [-0.3, -0.25) is 0 Å². The number of ether oxygens (including phenoxy) is 2. The Bertz CT molecular complexity index is 1690. The highest BCUT2D eigenvalue weighted by molar-refractivity contribution is 6.33. The molecule has 4 heterocycles. The number of methoxy groups -OCH3 is 1. The van der Waals surface area contributed by atoms with Gasteiger partial charge in [-0.05, 0) is 62.9 Å². The lowest BCUT2D eigenvalue weighted by Crippen LogP contribution is -2.23. The summed E-state index contributed by atoms with van der Waals surface area (Å²) in [5.41, 5.74) is 6.60. The van der Waals surface area contributed by atoms with E-state index in [0.29, 0.717) is 46.8 Å². The molecule has 6 rings (SSSR count). The summed E-state index contributed by atoms with van der Waals surface area (Å²) < 4.78 is 26.1. The molecule has 0 radical (unpaired) electrons. The lowest BCUT2D eigenvalue weighted by molar-refractivity contribution is 0.337. The predicted molar refractivity (Wildman–Crippen MR) is 162 cm³/mol. The highest BCUT2D eigenvalue weighted by Gasteiger charge is 2.36. The summed E-state index contributed by atoms with van der Waals surface area (Å²) in [4.78, 5) is 13.4. The van der Waals surface area contributed by atoms with Crippen LogP contribution in [0.4, 0.5) is 4.39 Å². The van der Waals surface area contributed by atoms with Crippen LogP contribution in [0.25, 0.3) is 27.9 Å². The average Bonchev–Trinajstić information content (AvgIpc) is 3.74. The van der Waals surface area contributed by atoms with Crippen LogP contribution in [0.2, 0.25) is 10.0 Å². The molecule has 6 nitrogen and oxygen atoms in total. The van der Waals surface area contributed by atoms with Crippen molar-refractivity contribution in [3.63, 3.8) is 0 Å². The van der Waals surface area contributed by atoms with E-state index in [4.69, 9.17) is 37.7 Å². The molecule has 2 atom stereocenters. The fourth-order valence-corrected chi connectivity index (χ4v) is 5.96. The molecule has 1 aromatic carbocycles. The maximum absolute atomic E-state index is 14.3. The molecule has 0 bridgehead atoms. The van der Waals surface area contributed by atoms with Crippen molar-refractivity contribution >= 4 is 39.8 Å². The Morgan fingerprint density at radius 1 is 1.22 bits per heavy atom. The van der Waals surface area contributed by atoms with Gasteiger partial charge in [0.05, 0.1) is 24.4 Å². The van der Waals surface area contributed by atoms with Crippen LogP contribution in [0, 0.1) is 18.8 Å². The molecular formula is C32H31Cl2FN4O2. The quantitative estimate of drug-likeness (QED) is 0.208. The number of allylic oxidation sites excluding steroid dienone is 1. The van der Waals surface area contributed by atoms with E-state index in [2.05, 4.69) is 40.4 Å². The van der Waals surface area contributed by atoms with Crippen molar-refractivity contribution in [2.75, 3.05) is 20.3 Å². The van der Waals surface area contributed by atoms with Crippen molar-refractivity contribution in [3.8, 4) is 22.8 Å². The van der Waals surface area contributed by atoms with E-state index < -0.39 is 5.95 Å². The number of benzene rings is 1. The van der Waals surface area contributed by atoms with Gasteiger partial charge in [-0.1, -0.05) is 36.2 Å². The Morgan fingerprint density at radius 3 is 2.76 bits per heavy atom. The lowest BCUT2D eigenvalue weighted by atomic mass is 9.93. The van der Waals surface area contributed by atoms with Gasteiger partial charge in [0.25, 0.3) is 0 Å². The summed E-state index contributed by atoms with van der Waals surface area (Å²) >= 11 is 12.8. The molecule has 4 aromatic rings. The second-order valence-electron chi connectivity index (χ2n) is 10.8. The number of nitrogens with zero attached hydrogens (tertiary/aromatic N) is 3. The summed E-state index contributed by atoms with van der Waals surface area (Å²) in [5.74, 6) is 1.50. The fourth-order valence-electron chi connectivity index (χ4n) is 5.60. The minimum Gasteiger partial charge on any atom is -0.494 e. The van der Waals surface area contributed by atoms with Crippen LogP contribution in [-0.4, -0.2) is 35.2 Å². The molecule has 1 fully saturated rings. The minimum absolute atomic E-state index is 0.0464. The van der Waals surface area contributed by atoms with Crippen LogP contribution in [0.15, 0.2) is 42.6 Å². The van der Waals surface area contributed by atoms with Gasteiger partial charge >= 0.3 is 0 Å². The van der Waals surface area contributed by atoms with E-state index in [1.807, 2.05) is 26.0 Å². The lowest BCUT2D eigenvalue weighted by Gasteiger charge is -2.22. The molecule has 1 N–H and O–H groups in total.